The monoisotopic (exact) mass is 605 g/mol. The zero-order chi connectivity index (χ0) is 38.7. The first-order valence-corrected chi connectivity index (χ1v) is 15.4. The SMILES string of the molecule is [2H]c1c([2H])c(-c2c3ccccc3c(-c3ccc(-c4ccc5ccccc5c4)cc3)c3ccccc23)c2c(oc3c4c([2H])c([2H])c([2H])c([2H])c4c([2H])c([2H])c32)c1[2H]. The second kappa shape index (κ2) is 10.2. The molecule has 0 aliphatic rings. The van der Waals surface area contributed by atoms with Crippen LogP contribution >= 0.6 is 0 Å². The molecule has 9 aromatic carbocycles. The van der Waals surface area contributed by atoms with Crippen molar-refractivity contribution in [2.24, 2.45) is 0 Å². The van der Waals surface area contributed by atoms with Gasteiger partial charge in [0.25, 0.3) is 0 Å². The minimum absolute atomic E-state index is 0.0565. The quantitative estimate of drug-likeness (QED) is 0.183. The summed E-state index contributed by atoms with van der Waals surface area (Å²) in [5, 5.41) is 5.64. The lowest BCUT2D eigenvalue weighted by Crippen LogP contribution is -1.91. The molecule has 0 N–H and O–H groups in total. The fourth-order valence-corrected chi connectivity index (χ4v) is 7.06. The third-order valence-electron chi connectivity index (χ3n) is 9.19. The van der Waals surface area contributed by atoms with Crippen molar-refractivity contribution in [1.29, 1.82) is 0 Å². The van der Waals surface area contributed by atoms with Gasteiger partial charge in [-0.2, -0.15) is 0 Å². The van der Waals surface area contributed by atoms with Crippen LogP contribution in [-0.2, 0) is 0 Å². The molecule has 0 aliphatic carbocycles. The van der Waals surface area contributed by atoms with Crippen molar-refractivity contribution in [3.63, 3.8) is 0 Å². The second-order valence-electron chi connectivity index (χ2n) is 11.7. The van der Waals surface area contributed by atoms with E-state index < -0.39 is 36.3 Å². The Bertz CT molecular complexity index is 3290. The van der Waals surface area contributed by atoms with Crippen LogP contribution in [0.15, 0.2) is 174 Å². The Morgan fingerprint density at radius 1 is 0.404 bits per heavy atom. The average molecular weight is 606 g/mol. The standard InChI is InChI=1S/C46H28O/c1-2-12-33-28-34(25-22-29(33)10-1)30-20-23-32(24-21-30)43-36-14-5-7-16-38(36)44(39-17-8-6-15-37(39)43)40-18-9-19-42-45(40)41-27-26-31-11-3-4-13-35(31)46(41)47-42/h1-28H/i3D,4D,9D,11D,13D,18D,19D,26D,27D. The van der Waals surface area contributed by atoms with Crippen molar-refractivity contribution in [3.05, 3.63) is 170 Å². The molecule has 0 saturated carbocycles. The van der Waals surface area contributed by atoms with E-state index >= 15 is 0 Å². The zero-order valence-corrected chi connectivity index (χ0v) is 24.9. The van der Waals surface area contributed by atoms with Gasteiger partial charge < -0.3 is 4.42 Å². The van der Waals surface area contributed by atoms with Crippen molar-refractivity contribution in [1.82, 2.24) is 0 Å². The van der Waals surface area contributed by atoms with E-state index in [4.69, 9.17) is 14.0 Å². The first-order chi connectivity index (χ1) is 27.1. The molecule has 0 unspecified atom stereocenters. The number of rotatable bonds is 3. The molecule has 0 radical (unpaired) electrons. The van der Waals surface area contributed by atoms with Gasteiger partial charge in [0, 0.05) is 16.2 Å². The summed E-state index contributed by atoms with van der Waals surface area (Å²) in [6.07, 6.45) is 0. The molecule has 10 aromatic rings. The van der Waals surface area contributed by atoms with E-state index in [1.165, 1.54) is 10.8 Å². The van der Waals surface area contributed by atoms with Crippen molar-refractivity contribution >= 4 is 65.0 Å². The largest absolute Gasteiger partial charge is 0.455 e. The maximum absolute atomic E-state index is 9.44. The highest BCUT2D eigenvalue weighted by Gasteiger charge is 2.20. The fraction of sp³-hybridized carbons (Fsp3) is 0. The van der Waals surface area contributed by atoms with E-state index in [-0.39, 0.29) is 56.4 Å². The van der Waals surface area contributed by atoms with Crippen LogP contribution in [0.25, 0.3) is 98.4 Å². The Morgan fingerprint density at radius 3 is 1.81 bits per heavy atom. The van der Waals surface area contributed by atoms with E-state index in [1.807, 2.05) is 60.7 Å². The van der Waals surface area contributed by atoms with Gasteiger partial charge in [0.2, 0.25) is 0 Å². The van der Waals surface area contributed by atoms with Crippen LogP contribution in [0, 0.1) is 0 Å². The molecule has 1 heterocycles. The molecule has 0 fully saturated rings. The van der Waals surface area contributed by atoms with Crippen molar-refractivity contribution in [2.45, 2.75) is 0 Å². The van der Waals surface area contributed by atoms with Crippen molar-refractivity contribution < 1.29 is 16.8 Å². The Hall–Kier alpha value is -6.18. The Labute approximate surface area is 284 Å². The fourth-order valence-electron chi connectivity index (χ4n) is 7.06. The van der Waals surface area contributed by atoms with E-state index in [0.29, 0.717) is 5.56 Å². The highest BCUT2D eigenvalue weighted by molar-refractivity contribution is 6.27. The number of benzene rings is 9. The topological polar surface area (TPSA) is 13.1 Å². The van der Waals surface area contributed by atoms with Gasteiger partial charge in [0.1, 0.15) is 11.2 Å². The molecule has 1 heteroatoms. The number of fused-ring (bicyclic) bond motifs is 8. The average Bonchev–Trinajstić information content (AvgIpc) is 3.62. The normalized spacial score (nSPS) is 14.5. The molecule has 1 aromatic heterocycles. The lowest BCUT2D eigenvalue weighted by Gasteiger charge is -2.18. The van der Waals surface area contributed by atoms with Gasteiger partial charge in [-0.05, 0) is 89.2 Å². The van der Waals surface area contributed by atoms with Gasteiger partial charge in [-0.3, -0.25) is 0 Å². The molecule has 47 heavy (non-hydrogen) atoms. The molecule has 218 valence electrons. The second-order valence-corrected chi connectivity index (χ2v) is 11.7. The Balaban J connectivity index is 1.30. The third-order valence-corrected chi connectivity index (χ3v) is 9.19. The molecule has 0 amide bonds. The molecule has 0 aliphatic heterocycles. The van der Waals surface area contributed by atoms with E-state index in [1.54, 1.807) is 0 Å². The molecule has 0 bridgehead atoms. The van der Waals surface area contributed by atoms with Crippen LogP contribution in [0.3, 0.4) is 0 Å². The maximum Gasteiger partial charge on any atom is 0.143 e. The van der Waals surface area contributed by atoms with Crippen LogP contribution in [-0.4, -0.2) is 0 Å². The minimum Gasteiger partial charge on any atom is -0.455 e. The molecular weight excluding hydrogens is 569 g/mol. The van der Waals surface area contributed by atoms with Gasteiger partial charge in [-0.1, -0.05) is 151 Å². The molecule has 1 nitrogen and oxygen atoms in total. The zero-order valence-electron chi connectivity index (χ0n) is 33.9. The van der Waals surface area contributed by atoms with Gasteiger partial charge in [-0.25, -0.2) is 0 Å². The van der Waals surface area contributed by atoms with Crippen LogP contribution in [0.1, 0.15) is 12.3 Å². The molecule has 0 spiro atoms. The Kier molecular flexibility index (Phi) is 4.05. The first-order valence-electron chi connectivity index (χ1n) is 19.9. The summed E-state index contributed by atoms with van der Waals surface area (Å²) < 4.78 is 85.9. The summed E-state index contributed by atoms with van der Waals surface area (Å²) in [6, 6.07) is 35.1. The molecule has 0 saturated heterocycles. The van der Waals surface area contributed by atoms with Gasteiger partial charge >= 0.3 is 0 Å². The number of furan rings is 1. The van der Waals surface area contributed by atoms with Gasteiger partial charge in [0.05, 0.1) is 12.3 Å². The smallest absolute Gasteiger partial charge is 0.143 e. The van der Waals surface area contributed by atoms with Gasteiger partial charge in [-0.15, -0.1) is 0 Å². The van der Waals surface area contributed by atoms with E-state index in [2.05, 4.69) is 54.6 Å². The number of hydrogen-bond donors (Lipinski definition) is 0. The minimum atomic E-state index is -0.532. The molecule has 10 rings (SSSR count). The van der Waals surface area contributed by atoms with Crippen molar-refractivity contribution in [3.8, 4) is 33.4 Å². The summed E-state index contributed by atoms with van der Waals surface area (Å²) in [7, 11) is 0. The van der Waals surface area contributed by atoms with E-state index in [0.717, 1.165) is 43.8 Å². The lowest BCUT2D eigenvalue weighted by molar-refractivity contribution is 0.673. The summed E-state index contributed by atoms with van der Waals surface area (Å²) in [4.78, 5) is 0. The maximum atomic E-state index is 9.44. The van der Waals surface area contributed by atoms with Crippen LogP contribution in [0.4, 0.5) is 0 Å². The summed E-state index contributed by atoms with van der Waals surface area (Å²) in [6.45, 7) is 0. The summed E-state index contributed by atoms with van der Waals surface area (Å²) >= 11 is 0. The Morgan fingerprint density at radius 2 is 1.04 bits per heavy atom. The predicted octanol–water partition coefficient (Wildman–Crippen LogP) is 13.2. The third kappa shape index (κ3) is 3.97. The van der Waals surface area contributed by atoms with E-state index in [9.17, 15) is 2.74 Å². The van der Waals surface area contributed by atoms with Crippen LogP contribution < -0.4 is 0 Å². The molecular formula is C46H28O. The lowest BCUT2D eigenvalue weighted by atomic mass is 9.84. The van der Waals surface area contributed by atoms with Crippen LogP contribution in [0.5, 0.6) is 0 Å². The molecule has 0 atom stereocenters. The predicted molar refractivity (Wildman–Crippen MR) is 200 cm³/mol. The van der Waals surface area contributed by atoms with Crippen molar-refractivity contribution in [2.75, 3.05) is 0 Å². The highest BCUT2D eigenvalue weighted by Crippen LogP contribution is 2.47. The highest BCUT2D eigenvalue weighted by atomic mass is 16.3. The van der Waals surface area contributed by atoms with Gasteiger partial charge in [0.15, 0.2) is 0 Å². The summed E-state index contributed by atoms with van der Waals surface area (Å²) in [5.74, 6) is 0. The summed E-state index contributed by atoms with van der Waals surface area (Å²) in [5.41, 5.74) is 4.81. The van der Waals surface area contributed by atoms with Crippen LogP contribution in [0.2, 0.25) is 0 Å². The number of hydrogen-bond acceptors (Lipinski definition) is 1. The first kappa shape index (κ1) is 18.7.